The number of nitrogen functional groups attached to an aromatic ring is 1. The zero-order valence-electron chi connectivity index (χ0n) is 12.0. The van der Waals surface area contributed by atoms with Gasteiger partial charge in [-0.1, -0.05) is 18.2 Å². The molecule has 20 heavy (non-hydrogen) atoms. The monoisotopic (exact) mass is 268 g/mol. The summed E-state index contributed by atoms with van der Waals surface area (Å²) in [5.74, 6) is 2.95. The molecule has 0 spiro atoms. The van der Waals surface area contributed by atoms with Gasteiger partial charge in [-0.2, -0.15) is 0 Å². The van der Waals surface area contributed by atoms with Crippen molar-refractivity contribution in [1.29, 1.82) is 0 Å². The van der Waals surface area contributed by atoms with Gasteiger partial charge in [0, 0.05) is 23.7 Å². The molecule has 1 aromatic heterocycles. The van der Waals surface area contributed by atoms with E-state index in [2.05, 4.69) is 28.9 Å². The number of rotatable bonds is 4. The molecule has 0 saturated heterocycles. The topological polar surface area (TPSA) is 55.0 Å². The quantitative estimate of drug-likeness (QED) is 0.923. The summed E-state index contributed by atoms with van der Waals surface area (Å²) in [6.07, 6.45) is 2.36. The predicted octanol–water partition coefficient (Wildman–Crippen LogP) is 3.40. The Hall–Kier alpha value is -2.10. The molecule has 0 amide bonds. The molecular formula is C16H20N4. The van der Waals surface area contributed by atoms with E-state index in [0.717, 1.165) is 29.4 Å². The second-order valence-corrected chi connectivity index (χ2v) is 5.27. The Kier molecular flexibility index (Phi) is 3.30. The second kappa shape index (κ2) is 5.12. The maximum Gasteiger partial charge on any atom is 0.141 e. The highest BCUT2D eigenvalue weighted by Crippen LogP contribution is 2.40. The average molecular weight is 268 g/mol. The molecular weight excluding hydrogens is 248 g/mol. The van der Waals surface area contributed by atoms with Crippen molar-refractivity contribution in [3.05, 3.63) is 41.7 Å². The molecule has 0 radical (unpaired) electrons. The Bertz CT molecular complexity index is 605. The van der Waals surface area contributed by atoms with Crippen molar-refractivity contribution in [3.63, 3.8) is 0 Å². The number of nitrogens with zero attached hydrogens (tertiary/aromatic N) is 3. The lowest BCUT2D eigenvalue weighted by atomic mass is 10.2. The van der Waals surface area contributed by atoms with Crippen LogP contribution in [0.1, 0.15) is 37.1 Å². The van der Waals surface area contributed by atoms with Crippen LogP contribution in [0.2, 0.25) is 0 Å². The lowest BCUT2D eigenvalue weighted by Crippen LogP contribution is -2.20. The van der Waals surface area contributed by atoms with Crippen molar-refractivity contribution in [3.8, 4) is 0 Å². The fourth-order valence-corrected chi connectivity index (χ4v) is 2.39. The third-order valence-electron chi connectivity index (χ3n) is 3.76. The molecule has 4 nitrogen and oxygen atoms in total. The SMILES string of the molecule is CCN(c1ccccc1)c1nc(C2CC2)nc(N)c1C. The first-order valence-electron chi connectivity index (χ1n) is 7.17. The van der Waals surface area contributed by atoms with Gasteiger partial charge in [0.15, 0.2) is 0 Å². The highest BCUT2D eigenvalue weighted by molar-refractivity contribution is 5.66. The van der Waals surface area contributed by atoms with Gasteiger partial charge in [0.1, 0.15) is 17.5 Å². The van der Waals surface area contributed by atoms with E-state index in [9.17, 15) is 0 Å². The smallest absolute Gasteiger partial charge is 0.141 e. The van der Waals surface area contributed by atoms with Crippen molar-refractivity contribution < 1.29 is 0 Å². The van der Waals surface area contributed by atoms with Crippen LogP contribution < -0.4 is 10.6 Å². The van der Waals surface area contributed by atoms with Gasteiger partial charge < -0.3 is 10.6 Å². The number of nitrogens with two attached hydrogens (primary N) is 1. The van der Waals surface area contributed by atoms with Gasteiger partial charge in [0.2, 0.25) is 0 Å². The molecule has 0 atom stereocenters. The summed E-state index contributed by atoms with van der Waals surface area (Å²) in [6, 6.07) is 10.3. The lowest BCUT2D eigenvalue weighted by Gasteiger charge is -2.24. The number of benzene rings is 1. The summed E-state index contributed by atoms with van der Waals surface area (Å²) in [4.78, 5) is 11.4. The third-order valence-corrected chi connectivity index (χ3v) is 3.76. The summed E-state index contributed by atoms with van der Waals surface area (Å²) in [5.41, 5.74) is 8.18. The van der Waals surface area contributed by atoms with Crippen molar-refractivity contribution >= 4 is 17.3 Å². The Morgan fingerprint density at radius 1 is 1.20 bits per heavy atom. The van der Waals surface area contributed by atoms with Crippen LogP contribution in [0, 0.1) is 6.92 Å². The Morgan fingerprint density at radius 3 is 2.50 bits per heavy atom. The van der Waals surface area contributed by atoms with Crippen molar-refractivity contribution in [1.82, 2.24) is 9.97 Å². The third kappa shape index (κ3) is 2.33. The zero-order chi connectivity index (χ0) is 14.1. The summed E-state index contributed by atoms with van der Waals surface area (Å²) >= 11 is 0. The maximum atomic E-state index is 6.08. The number of hydrogen-bond acceptors (Lipinski definition) is 4. The number of hydrogen-bond donors (Lipinski definition) is 1. The summed E-state index contributed by atoms with van der Waals surface area (Å²) in [7, 11) is 0. The molecule has 0 unspecified atom stereocenters. The van der Waals surface area contributed by atoms with E-state index in [1.54, 1.807) is 0 Å². The Morgan fingerprint density at radius 2 is 1.90 bits per heavy atom. The van der Waals surface area contributed by atoms with E-state index in [4.69, 9.17) is 10.7 Å². The van der Waals surface area contributed by atoms with Gasteiger partial charge >= 0.3 is 0 Å². The van der Waals surface area contributed by atoms with Crippen LogP contribution in [0.25, 0.3) is 0 Å². The van der Waals surface area contributed by atoms with E-state index < -0.39 is 0 Å². The predicted molar refractivity (Wildman–Crippen MR) is 82.3 cm³/mol. The largest absolute Gasteiger partial charge is 0.383 e. The molecule has 2 aromatic rings. The van der Waals surface area contributed by atoms with E-state index in [1.165, 1.54) is 12.8 Å². The van der Waals surface area contributed by atoms with E-state index >= 15 is 0 Å². The Balaban J connectivity index is 2.07. The normalized spacial score (nSPS) is 14.3. The van der Waals surface area contributed by atoms with Crippen LogP contribution in [0.3, 0.4) is 0 Å². The minimum atomic E-state index is 0.506. The van der Waals surface area contributed by atoms with Gasteiger partial charge in [-0.15, -0.1) is 0 Å². The fourth-order valence-electron chi connectivity index (χ4n) is 2.39. The van der Waals surface area contributed by atoms with Crippen LogP contribution in [0.5, 0.6) is 0 Å². The van der Waals surface area contributed by atoms with Crippen LogP contribution in [0.15, 0.2) is 30.3 Å². The molecule has 2 N–H and O–H groups in total. The minimum absolute atomic E-state index is 0.506. The van der Waals surface area contributed by atoms with Gasteiger partial charge in [-0.3, -0.25) is 0 Å². The number of para-hydroxylation sites is 1. The van der Waals surface area contributed by atoms with Crippen LogP contribution >= 0.6 is 0 Å². The molecule has 0 bridgehead atoms. The maximum absolute atomic E-state index is 6.08. The van der Waals surface area contributed by atoms with Crippen molar-refractivity contribution in [2.24, 2.45) is 0 Å². The number of aromatic nitrogens is 2. The van der Waals surface area contributed by atoms with Gasteiger partial charge in [-0.05, 0) is 38.8 Å². The molecule has 1 aliphatic rings. The summed E-state index contributed by atoms with van der Waals surface area (Å²) in [6.45, 7) is 4.97. The highest BCUT2D eigenvalue weighted by atomic mass is 15.2. The van der Waals surface area contributed by atoms with Gasteiger partial charge in [0.25, 0.3) is 0 Å². The molecule has 1 saturated carbocycles. The molecule has 0 aliphatic heterocycles. The molecule has 104 valence electrons. The molecule has 4 heteroatoms. The van der Waals surface area contributed by atoms with Gasteiger partial charge in [0.05, 0.1) is 0 Å². The van der Waals surface area contributed by atoms with Crippen LogP contribution in [-0.2, 0) is 0 Å². The first-order valence-corrected chi connectivity index (χ1v) is 7.17. The van der Waals surface area contributed by atoms with E-state index in [0.29, 0.717) is 11.7 Å². The molecule has 1 aliphatic carbocycles. The average Bonchev–Trinajstić information content (AvgIpc) is 3.30. The second-order valence-electron chi connectivity index (χ2n) is 5.27. The van der Waals surface area contributed by atoms with E-state index in [1.807, 2.05) is 25.1 Å². The molecule has 3 rings (SSSR count). The molecule has 1 aromatic carbocycles. The molecule has 1 heterocycles. The first-order chi connectivity index (χ1) is 9.70. The molecule has 1 fully saturated rings. The lowest BCUT2D eigenvalue weighted by molar-refractivity contribution is 0.888. The standard InChI is InChI=1S/C16H20N4/c1-3-20(13-7-5-4-6-8-13)16-11(2)14(17)18-15(19-16)12-9-10-12/h4-8,12H,3,9-10H2,1-2H3,(H2,17,18,19). The number of anilines is 3. The van der Waals surface area contributed by atoms with Crippen LogP contribution in [-0.4, -0.2) is 16.5 Å². The van der Waals surface area contributed by atoms with Crippen molar-refractivity contribution in [2.75, 3.05) is 17.2 Å². The summed E-state index contributed by atoms with van der Waals surface area (Å²) in [5, 5.41) is 0. The minimum Gasteiger partial charge on any atom is -0.383 e. The highest BCUT2D eigenvalue weighted by Gasteiger charge is 2.28. The fraction of sp³-hybridized carbons (Fsp3) is 0.375. The first kappa shape index (κ1) is 12.9. The Labute approximate surface area is 119 Å². The van der Waals surface area contributed by atoms with Gasteiger partial charge in [-0.25, -0.2) is 9.97 Å². The van der Waals surface area contributed by atoms with Crippen LogP contribution in [0.4, 0.5) is 17.3 Å². The summed E-state index contributed by atoms with van der Waals surface area (Å²) < 4.78 is 0. The van der Waals surface area contributed by atoms with E-state index in [-0.39, 0.29) is 0 Å². The zero-order valence-corrected chi connectivity index (χ0v) is 12.0. The van der Waals surface area contributed by atoms with Crippen molar-refractivity contribution in [2.45, 2.75) is 32.6 Å².